The van der Waals surface area contributed by atoms with E-state index in [-0.39, 0.29) is 0 Å². The van der Waals surface area contributed by atoms with Crippen LogP contribution < -0.4 is 15.2 Å². The molecule has 1 aromatic carbocycles. The summed E-state index contributed by atoms with van der Waals surface area (Å²) in [6.07, 6.45) is 3.52. The lowest BCUT2D eigenvalue weighted by Gasteiger charge is -2.35. The summed E-state index contributed by atoms with van der Waals surface area (Å²) in [4.78, 5) is 0. The Hall–Kier alpha value is -1.26. The van der Waals surface area contributed by atoms with Crippen molar-refractivity contribution in [2.75, 3.05) is 19.8 Å². The van der Waals surface area contributed by atoms with Crippen molar-refractivity contribution < 1.29 is 14.6 Å². The summed E-state index contributed by atoms with van der Waals surface area (Å²) in [5.41, 5.74) is 6.26. The summed E-state index contributed by atoms with van der Waals surface area (Å²) in [5, 5.41) is 10.2. The molecule has 1 heterocycles. The Kier molecular flexibility index (Phi) is 3.37. The van der Waals surface area contributed by atoms with Crippen LogP contribution in [-0.2, 0) is 0 Å². The third kappa shape index (κ3) is 2.55. The maximum Gasteiger partial charge on any atom is 0.161 e. The van der Waals surface area contributed by atoms with Gasteiger partial charge in [-0.1, -0.05) is 6.07 Å². The van der Waals surface area contributed by atoms with E-state index < -0.39 is 5.60 Å². The van der Waals surface area contributed by atoms with Crippen LogP contribution in [0.5, 0.6) is 11.5 Å². The Bertz CT molecular complexity index is 453. The van der Waals surface area contributed by atoms with Gasteiger partial charge in [-0.2, -0.15) is 0 Å². The van der Waals surface area contributed by atoms with Crippen LogP contribution in [0, 0.1) is 0 Å². The minimum absolute atomic E-state index is 0.362. The zero-order chi connectivity index (χ0) is 13.3. The fourth-order valence-electron chi connectivity index (χ4n) is 3.01. The number of hydrogen-bond acceptors (Lipinski definition) is 4. The standard InChI is InChI=1S/C15H21NO3/c16-10-15(17)5-3-11(4-6-15)12-1-2-13-14(9-12)19-8-7-18-13/h1-2,9,11,17H,3-8,10,16H2. The quantitative estimate of drug-likeness (QED) is 0.854. The van der Waals surface area contributed by atoms with Gasteiger partial charge in [0.15, 0.2) is 11.5 Å². The number of benzene rings is 1. The van der Waals surface area contributed by atoms with Gasteiger partial charge >= 0.3 is 0 Å². The second-order valence-corrected chi connectivity index (χ2v) is 5.61. The number of fused-ring (bicyclic) bond motifs is 1. The molecule has 104 valence electrons. The number of nitrogens with two attached hydrogens (primary N) is 1. The van der Waals surface area contributed by atoms with E-state index in [0.29, 0.717) is 25.7 Å². The Morgan fingerprint density at radius 1 is 1.16 bits per heavy atom. The zero-order valence-corrected chi connectivity index (χ0v) is 11.1. The molecule has 0 unspecified atom stereocenters. The van der Waals surface area contributed by atoms with E-state index in [1.807, 2.05) is 6.07 Å². The molecule has 0 saturated heterocycles. The molecule has 1 aliphatic heterocycles. The first-order chi connectivity index (χ1) is 9.20. The average Bonchev–Trinajstić information content (AvgIpc) is 2.47. The lowest BCUT2D eigenvalue weighted by atomic mass is 9.76. The zero-order valence-electron chi connectivity index (χ0n) is 11.1. The number of hydrogen-bond donors (Lipinski definition) is 2. The van der Waals surface area contributed by atoms with Gasteiger partial charge in [0.25, 0.3) is 0 Å². The van der Waals surface area contributed by atoms with Gasteiger partial charge in [0.05, 0.1) is 5.60 Å². The van der Waals surface area contributed by atoms with Crippen LogP contribution in [0.15, 0.2) is 18.2 Å². The Morgan fingerprint density at radius 2 is 1.84 bits per heavy atom. The molecule has 4 nitrogen and oxygen atoms in total. The Morgan fingerprint density at radius 3 is 2.53 bits per heavy atom. The van der Waals surface area contributed by atoms with Crippen molar-refractivity contribution in [1.82, 2.24) is 0 Å². The minimum Gasteiger partial charge on any atom is -0.486 e. The Balaban J connectivity index is 1.73. The molecule has 0 bridgehead atoms. The molecule has 3 rings (SSSR count). The van der Waals surface area contributed by atoms with Gasteiger partial charge in [-0.3, -0.25) is 0 Å². The van der Waals surface area contributed by atoms with Gasteiger partial charge in [-0.25, -0.2) is 0 Å². The van der Waals surface area contributed by atoms with Crippen molar-refractivity contribution >= 4 is 0 Å². The number of ether oxygens (including phenoxy) is 2. The normalized spacial score (nSPS) is 30.1. The second-order valence-electron chi connectivity index (χ2n) is 5.61. The number of rotatable bonds is 2. The predicted octanol–water partition coefficient (Wildman–Crippen LogP) is 1.81. The van der Waals surface area contributed by atoms with Crippen LogP contribution >= 0.6 is 0 Å². The van der Waals surface area contributed by atoms with Crippen LogP contribution in [0.25, 0.3) is 0 Å². The molecule has 0 aromatic heterocycles. The highest BCUT2D eigenvalue weighted by Crippen LogP contribution is 2.40. The smallest absolute Gasteiger partial charge is 0.161 e. The van der Waals surface area contributed by atoms with Gasteiger partial charge in [-0.05, 0) is 49.3 Å². The third-order valence-corrected chi connectivity index (χ3v) is 4.33. The fraction of sp³-hybridized carbons (Fsp3) is 0.600. The van der Waals surface area contributed by atoms with Crippen LogP contribution in [0.3, 0.4) is 0 Å². The third-order valence-electron chi connectivity index (χ3n) is 4.33. The highest BCUT2D eigenvalue weighted by molar-refractivity contribution is 5.44. The van der Waals surface area contributed by atoms with Crippen molar-refractivity contribution in [3.63, 3.8) is 0 Å². The first kappa shape index (κ1) is 12.8. The van der Waals surface area contributed by atoms with Crippen molar-refractivity contribution in [2.24, 2.45) is 5.73 Å². The fourth-order valence-corrected chi connectivity index (χ4v) is 3.01. The van der Waals surface area contributed by atoms with E-state index in [2.05, 4.69) is 12.1 Å². The molecule has 1 aliphatic carbocycles. The van der Waals surface area contributed by atoms with Gasteiger partial charge < -0.3 is 20.3 Å². The molecule has 4 heteroatoms. The maximum atomic E-state index is 10.2. The molecule has 0 spiro atoms. The molecular weight excluding hydrogens is 242 g/mol. The highest BCUT2D eigenvalue weighted by atomic mass is 16.6. The molecule has 1 saturated carbocycles. The summed E-state index contributed by atoms with van der Waals surface area (Å²) < 4.78 is 11.2. The van der Waals surface area contributed by atoms with Crippen molar-refractivity contribution in [1.29, 1.82) is 0 Å². The van der Waals surface area contributed by atoms with E-state index >= 15 is 0 Å². The van der Waals surface area contributed by atoms with E-state index in [4.69, 9.17) is 15.2 Å². The average molecular weight is 263 g/mol. The van der Waals surface area contributed by atoms with E-state index in [0.717, 1.165) is 37.2 Å². The first-order valence-corrected chi connectivity index (χ1v) is 7.02. The largest absolute Gasteiger partial charge is 0.486 e. The van der Waals surface area contributed by atoms with Crippen molar-refractivity contribution in [2.45, 2.75) is 37.2 Å². The SMILES string of the molecule is NCC1(O)CCC(c2ccc3c(c2)OCCO3)CC1. The van der Waals surface area contributed by atoms with Crippen molar-refractivity contribution in [3.8, 4) is 11.5 Å². The summed E-state index contributed by atoms with van der Waals surface area (Å²) in [6, 6.07) is 6.20. The van der Waals surface area contributed by atoms with Crippen LogP contribution in [0.4, 0.5) is 0 Å². The van der Waals surface area contributed by atoms with E-state index in [9.17, 15) is 5.11 Å². The van der Waals surface area contributed by atoms with Crippen LogP contribution in [-0.4, -0.2) is 30.5 Å². The van der Waals surface area contributed by atoms with Crippen LogP contribution in [0.2, 0.25) is 0 Å². The topological polar surface area (TPSA) is 64.7 Å². The molecule has 1 fully saturated rings. The van der Waals surface area contributed by atoms with Gasteiger partial charge in [-0.15, -0.1) is 0 Å². The molecule has 0 radical (unpaired) electrons. The monoisotopic (exact) mass is 263 g/mol. The summed E-state index contributed by atoms with van der Waals surface area (Å²) in [5.74, 6) is 2.18. The maximum absolute atomic E-state index is 10.2. The highest BCUT2D eigenvalue weighted by Gasteiger charge is 2.32. The van der Waals surface area contributed by atoms with E-state index in [1.165, 1.54) is 5.56 Å². The lowest BCUT2D eigenvalue weighted by Crippen LogP contribution is -2.40. The van der Waals surface area contributed by atoms with Gasteiger partial charge in [0, 0.05) is 6.54 Å². The molecule has 0 atom stereocenters. The molecule has 19 heavy (non-hydrogen) atoms. The summed E-state index contributed by atoms with van der Waals surface area (Å²) in [7, 11) is 0. The lowest BCUT2D eigenvalue weighted by molar-refractivity contribution is 0.00763. The summed E-state index contributed by atoms with van der Waals surface area (Å²) in [6.45, 7) is 1.61. The van der Waals surface area contributed by atoms with Crippen LogP contribution in [0.1, 0.15) is 37.2 Å². The Labute approximate surface area is 113 Å². The molecule has 0 amide bonds. The molecular formula is C15H21NO3. The van der Waals surface area contributed by atoms with Crippen molar-refractivity contribution in [3.05, 3.63) is 23.8 Å². The predicted molar refractivity (Wildman–Crippen MR) is 72.6 cm³/mol. The number of aliphatic hydroxyl groups is 1. The minimum atomic E-state index is -0.648. The molecule has 1 aromatic rings. The summed E-state index contributed by atoms with van der Waals surface area (Å²) >= 11 is 0. The van der Waals surface area contributed by atoms with E-state index in [1.54, 1.807) is 0 Å². The molecule has 2 aliphatic rings. The van der Waals surface area contributed by atoms with Gasteiger partial charge in [0.1, 0.15) is 13.2 Å². The van der Waals surface area contributed by atoms with Gasteiger partial charge in [0.2, 0.25) is 0 Å². The second kappa shape index (κ2) is 5.02. The molecule has 3 N–H and O–H groups in total. The first-order valence-electron chi connectivity index (χ1n) is 7.02.